The summed E-state index contributed by atoms with van der Waals surface area (Å²) in [5.41, 5.74) is 5.66. The summed E-state index contributed by atoms with van der Waals surface area (Å²) in [7, 11) is 0. The van der Waals surface area contributed by atoms with Gasteiger partial charge in [0.1, 0.15) is 0 Å². The first-order valence-electron chi connectivity index (χ1n) is 6.99. The molecule has 0 aromatic heterocycles. The largest absolute Gasteiger partial charge is 0.372 e. The fourth-order valence-corrected chi connectivity index (χ4v) is 2.75. The van der Waals surface area contributed by atoms with Crippen molar-refractivity contribution in [3.63, 3.8) is 0 Å². The maximum atomic E-state index is 4.23. The van der Waals surface area contributed by atoms with Crippen LogP contribution in [0.3, 0.4) is 0 Å². The van der Waals surface area contributed by atoms with Crippen molar-refractivity contribution in [2.45, 2.75) is 46.0 Å². The van der Waals surface area contributed by atoms with Crippen molar-refractivity contribution < 1.29 is 0 Å². The molecule has 0 atom stereocenters. The number of hydrogen-bond donors (Lipinski definition) is 0. The van der Waals surface area contributed by atoms with Crippen LogP contribution in [0.2, 0.25) is 0 Å². The maximum Gasteiger partial charge on any atom is 0.0401 e. The van der Waals surface area contributed by atoms with E-state index in [0.29, 0.717) is 0 Å². The van der Waals surface area contributed by atoms with Crippen molar-refractivity contribution in [3.05, 3.63) is 35.7 Å². The van der Waals surface area contributed by atoms with Crippen LogP contribution >= 0.6 is 0 Å². The predicted molar refractivity (Wildman–Crippen MR) is 75.7 cm³/mol. The Labute approximate surface area is 106 Å². The lowest BCUT2D eigenvalue weighted by Gasteiger charge is -2.25. The molecular weight excluding hydrogens is 206 g/mol. The number of nitrogens with zero attached hydrogens (tertiary/aromatic N) is 1. The van der Waals surface area contributed by atoms with Crippen molar-refractivity contribution >= 4 is 5.69 Å². The molecule has 1 aliphatic carbocycles. The summed E-state index contributed by atoms with van der Waals surface area (Å²) in [6.45, 7) is 11.0. The van der Waals surface area contributed by atoms with E-state index in [9.17, 15) is 0 Å². The lowest BCUT2D eigenvalue weighted by molar-refractivity contribution is 0.731. The molecular formula is C16H24N. The fraction of sp³-hybridized carbons (Fsp3) is 0.562. The van der Waals surface area contributed by atoms with Crippen LogP contribution in [0, 0.1) is 6.92 Å². The highest BCUT2D eigenvalue weighted by molar-refractivity contribution is 5.59. The molecule has 1 aromatic carbocycles. The molecule has 17 heavy (non-hydrogen) atoms. The summed E-state index contributed by atoms with van der Waals surface area (Å²) >= 11 is 0. The maximum absolute atomic E-state index is 4.23. The summed E-state index contributed by atoms with van der Waals surface area (Å²) in [5, 5.41) is 0. The molecule has 93 valence electrons. The van der Waals surface area contributed by atoms with Gasteiger partial charge >= 0.3 is 0 Å². The van der Waals surface area contributed by atoms with E-state index in [1.54, 1.807) is 5.56 Å². The summed E-state index contributed by atoms with van der Waals surface area (Å²) in [5.74, 6) is 0. The molecule has 0 heterocycles. The minimum Gasteiger partial charge on any atom is -0.372 e. The third-order valence-corrected chi connectivity index (χ3v) is 3.80. The number of fused-ring (bicyclic) bond motifs is 1. The van der Waals surface area contributed by atoms with E-state index in [4.69, 9.17) is 0 Å². The molecule has 0 bridgehead atoms. The second-order valence-corrected chi connectivity index (χ2v) is 5.04. The van der Waals surface area contributed by atoms with Crippen molar-refractivity contribution in [2.24, 2.45) is 0 Å². The van der Waals surface area contributed by atoms with Crippen LogP contribution < -0.4 is 4.90 Å². The van der Waals surface area contributed by atoms with Gasteiger partial charge in [-0.3, -0.25) is 0 Å². The molecule has 1 nitrogen and oxygen atoms in total. The third-order valence-electron chi connectivity index (χ3n) is 3.80. The van der Waals surface area contributed by atoms with Gasteiger partial charge in [0, 0.05) is 18.8 Å². The number of rotatable bonds is 5. The molecule has 0 unspecified atom stereocenters. The van der Waals surface area contributed by atoms with Gasteiger partial charge < -0.3 is 4.90 Å². The van der Waals surface area contributed by atoms with Crippen LogP contribution in [-0.4, -0.2) is 13.1 Å². The lowest BCUT2D eigenvalue weighted by atomic mass is 10.0. The van der Waals surface area contributed by atoms with Gasteiger partial charge in [0.05, 0.1) is 0 Å². The zero-order valence-corrected chi connectivity index (χ0v) is 11.3. The van der Waals surface area contributed by atoms with Gasteiger partial charge in [0.15, 0.2) is 0 Å². The standard InChI is InChI=1S/C16H24N/c1-4-6-10-17(5-2)16-12-15-9-7-8-14(15)11-13(16)3/h11-12H,3-10H2,1-2H3. The van der Waals surface area contributed by atoms with E-state index in [1.165, 1.54) is 48.9 Å². The number of aryl methyl sites for hydroxylation is 2. The van der Waals surface area contributed by atoms with E-state index in [1.807, 2.05) is 0 Å². The summed E-state index contributed by atoms with van der Waals surface area (Å²) < 4.78 is 0. The second-order valence-electron chi connectivity index (χ2n) is 5.04. The molecule has 0 saturated heterocycles. The van der Waals surface area contributed by atoms with E-state index < -0.39 is 0 Å². The highest BCUT2D eigenvalue weighted by atomic mass is 15.1. The van der Waals surface area contributed by atoms with Gasteiger partial charge in [-0.05, 0) is 62.3 Å². The number of anilines is 1. The number of unbranched alkanes of at least 4 members (excludes halogenated alkanes) is 1. The molecule has 0 spiro atoms. The highest BCUT2D eigenvalue weighted by Gasteiger charge is 2.15. The van der Waals surface area contributed by atoms with Gasteiger partial charge in [-0.1, -0.05) is 19.4 Å². The van der Waals surface area contributed by atoms with Crippen LogP contribution in [0.1, 0.15) is 49.8 Å². The summed E-state index contributed by atoms with van der Waals surface area (Å²) in [6.07, 6.45) is 6.35. The molecule has 0 fully saturated rings. The fourth-order valence-electron chi connectivity index (χ4n) is 2.75. The van der Waals surface area contributed by atoms with Crippen molar-refractivity contribution in [1.29, 1.82) is 0 Å². The Hall–Kier alpha value is -0.980. The topological polar surface area (TPSA) is 3.24 Å². The molecule has 1 radical (unpaired) electrons. The number of hydrogen-bond acceptors (Lipinski definition) is 1. The van der Waals surface area contributed by atoms with E-state index in [-0.39, 0.29) is 0 Å². The molecule has 2 rings (SSSR count). The van der Waals surface area contributed by atoms with Crippen LogP contribution in [0.5, 0.6) is 0 Å². The van der Waals surface area contributed by atoms with Crippen LogP contribution in [0.15, 0.2) is 12.1 Å². The SMILES string of the molecule is [CH2]c1cc2c(cc1N(CC)CCCC)CCC2. The van der Waals surface area contributed by atoms with Gasteiger partial charge in [-0.25, -0.2) is 0 Å². The van der Waals surface area contributed by atoms with E-state index >= 15 is 0 Å². The first-order valence-corrected chi connectivity index (χ1v) is 6.99. The first kappa shape index (κ1) is 12.5. The average Bonchev–Trinajstić information content (AvgIpc) is 2.77. The first-order chi connectivity index (χ1) is 8.26. The van der Waals surface area contributed by atoms with Crippen LogP contribution in [-0.2, 0) is 12.8 Å². The minimum absolute atomic E-state index is 1.08. The molecule has 1 heteroatoms. The van der Waals surface area contributed by atoms with Crippen molar-refractivity contribution in [1.82, 2.24) is 0 Å². The predicted octanol–water partition coefficient (Wildman–Crippen LogP) is 3.98. The van der Waals surface area contributed by atoms with Gasteiger partial charge in [0.25, 0.3) is 0 Å². The Morgan fingerprint density at radius 2 is 1.88 bits per heavy atom. The van der Waals surface area contributed by atoms with Gasteiger partial charge in [0.2, 0.25) is 0 Å². The van der Waals surface area contributed by atoms with Crippen LogP contribution in [0.25, 0.3) is 0 Å². The Kier molecular flexibility index (Phi) is 4.09. The molecule has 0 aliphatic heterocycles. The Morgan fingerprint density at radius 3 is 2.53 bits per heavy atom. The highest BCUT2D eigenvalue weighted by Crippen LogP contribution is 2.30. The van der Waals surface area contributed by atoms with Gasteiger partial charge in [-0.15, -0.1) is 0 Å². The molecule has 0 amide bonds. The Balaban J connectivity index is 2.24. The Bertz CT molecular complexity index is 381. The van der Waals surface area contributed by atoms with Crippen LogP contribution in [0.4, 0.5) is 5.69 Å². The normalized spacial score (nSPS) is 13.8. The second kappa shape index (κ2) is 5.57. The van der Waals surface area contributed by atoms with Gasteiger partial charge in [-0.2, -0.15) is 0 Å². The quantitative estimate of drug-likeness (QED) is 0.739. The monoisotopic (exact) mass is 230 g/mol. The lowest BCUT2D eigenvalue weighted by Crippen LogP contribution is -2.24. The zero-order valence-electron chi connectivity index (χ0n) is 11.3. The molecule has 0 N–H and O–H groups in total. The van der Waals surface area contributed by atoms with Crippen molar-refractivity contribution in [3.8, 4) is 0 Å². The molecule has 1 aromatic rings. The van der Waals surface area contributed by atoms with E-state index in [0.717, 1.165) is 13.1 Å². The number of benzene rings is 1. The molecule has 0 saturated carbocycles. The summed E-state index contributed by atoms with van der Waals surface area (Å²) in [4.78, 5) is 2.48. The third kappa shape index (κ3) is 2.65. The van der Waals surface area contributed by atoms with E-state index in [2.05, 4.69) is 37.8 Å². The minimum atomic E-state index is 1.08. The molecule has 1 aliphatic rings. The summed E-state index contributed by atoms with van der Waals surface area (Å²) in [6, 6.07) is 4.70. The smallest absolute Gasteiger partial charge is 0.0401 e. The zero-order chi connectivity index (χ0) is 12.3. The Morgan fingerprint density at radius 1 is 1.18 bits per heavy atom. The van der Waals surface area contributed by atoms with Crippen molar-refractivity contribution in [2.75, 3.05) is 18.0 Å². The average molecular weight is 230 g/mol.